The zero-order valence-electron chi connectivity index (χ0n) is 10.7. The molecule has 0 bridgehead atoms. The van der Waals surface area contributed by atoms with E-state index in [0.29, 0.717) is 0 Å². The molecular weight excluding hydrogens is 292 g/mol. The van der Waals surface area contributed by atoms with Crippen molar-refractivity contribution in [3.63, 3.8) is 0 Å². The van der Waals surface area contributed by atoms with Crippen LogP contribution in [0, 0.1) is 0 Å². The lowest BCUT2D eigenvalue weighted by atomic mass is 10.2. The number of aromatic nitrogens is 2. The fourth-order valence-electron chi connectivity index (χ4n) is 1.94. The summed E-state index contributed by atoms with van der Waals surface area (Å²) in [6.07, 6.45) is 6.03. The maximum atomic E-state index is 5.23. The van der Waals surface area contributed by atoms with Gasteiger partial charge >= 0.3 is 0 Å². The van der Waals surface area contributed by atoms with E-state index in [2.05, 4.69) is 44.5 Å². The molecule has 0 spiro atoms. The molecule has 0 fully saturated rings. The van der Waals surface area contributed by atoms with E-state index in [0.717, 1.165) is 35.4 Å². The minimum Gasteiger partial charge on any atom is -0.496 e. The quantitative estimate of drug-likeness (QED) is 0.843. The third-order valence-electron chi connectivity index (χ3n) is 2.84. The second-order valence-electron chi connectivity index (χ2n) is 4.19. The predicted octanol–water partition coefficient (Wildman–Crippen LogP) is 3.66. The van der Waals surface area contributed by atoms with Crippen LogP contribution in [0.2, 0.25) is 0 Å². The summed E-state index contributed by atoms with van der Waals surface area (Å²) >= 11 is 3.51. The minimum absolute atomic E-state index is 0.845. The fourth-order valence-corrected chi connectivity index (χ4v) is 2.53. The molecule has 0 atom stereocenters. The number of benzene rings is 1. The van der Waals surface area contributed by atoms with E-state index in [1.165, 1.54) is 5.56 Å². The lowest BCUT2D eigenvalue weighted by molar-refractivity contribution is 0.412. The van der Waals surface area contributed by atoms with Gasteiger partial charge in [-0.3, -0.25) is 0 Å². The average molecular weight is 309 g/mol. The average Bonchev–Trinajstić information content (AvgIpc) is 2.78. The summed E-state index contributed by atoms with van der Waals surface area (Å²) < 4.78 is 8.41. The van der Waals surface area contributed by atoms with Crippen molar-refractivity contribution < 1.29 is 4.74 Å². The van der Waals surface area contributed by atoms with E-state index in [1.807, 2.05) is 18.5 Å². The lowest BCUT2D eigenvalue weighted by Gasteiger charge is -2.09. The molecule has 0 aliphatic heterocycles. The van der Waals surface area contributed by atoms with Crippen molar-refractivity contribution in [2.45, 2.75) is 26.3 Å². The van der Waals surface area contributed by atoms with Crippen LogP contribution < -0.4 is 4.74 Å². The third-order valence-corrected chi connectivity index (χ3v) is 3.46. The first-order valence-electron chi connectivity index (χ1n) is 6.07. The molecule has 0 N–H and O–H groups in total. The van der Waals surface area contributed by atoms with E-state index in [9.17, 15) is 0 Å². The molecule has 0 aliphatic rings. The summed E-state index contributed by atoms with van der Waals surface area (Å²) in [5.41, 5.74) is 1.23. The molecule has 0 saturated heterocycles. The second kappa shape index (κ2) is 6.05. The Balaban J connectivity index is 2.18. The SMILES string of the molecule is CCCc1nccn1Cc1ccc(OC)c(Br)c1. The Hall–Kier alpha value is -1.29. The van der Waals surface area contributed by atoms with Crippen LogP contribution >= 0.6 is 15.9 Å². The first-order chi connectivity index (χ1) is 8.74. The molecule has 0 amide bonds. The van der Waals surface area contributed by atoms with Crippen LogP contribution in [0.15, 0.2) is 35.1 Å². The molecular formula is C14H17BrN2O. The van der Waals surface area contributed by atoms with Crippen molar-refractivity contribution in [2.75, 3.05) is 7.11 Å². The van der Waals surface area contributed by atoms with Gasteiger partial charge in [0.2, 0.25) is 0 Å². The maximum absolute atomic E-state index is 5.23. The monoisotopic (exact) mass is 308 g/mol. The Morgan fingerprint density at radius 1 is 1.39 bits per heavy atom. The van der Waals surface area contributed by atoms with Gasteiger partial charge in [-0.1, -0.05) is 13.0 Å². The maximum Gasteiger partial charge on any atom is 0.133 e. The van der Waals surface area contributed by atoms with Gasteiger partial charge in [-0.2, -0.15) is 0 Å². The van der Waals surface area contributed by atoms with Gasteiger partial charge in [0.05, 0.1) is 11.6 Å². The first kappa shape index (κ1) is 13.1. The van der Waals surface area contributed by atoms with Crippen molar-refractivity contribution in [3.8, 4) is 5.75 Å². The van der Waals surface area contributed by atoms with Crippen LogP contribution in [0.1, 0.15) is 24.7 Å². The summed E-state index contributed by atoms with van der Waals surface area (Å²) in [6, 6.07) is 6.16. The van der Waals surface area contributed by atoms with Crippen LogP contribution in [0.25, 0.3) is 0 Å². The van der Waals surface area contributed by atoms with Crippen molar-refractivity contribution in [1.82, 2.24) is 9.55 Å². The van der Waals surface area contributed by atoms with Gasteiger partial charge in [-0.25, -0.2) is 4.98 Å². The Morgan fingerprint density at radius 3 is 2.89 bits per heavy atom. The zero-order valence-corrected chi connectivity index (χ0v) is 12.3. The van der Waals surface area contributed by atoms with Crippen LogP contribution in [-0.4, -0.2) is 16.7 Å². The van der Waals surface area contributed by atoms with E-state index < -0.39 is 0 Å². The highest BCUT2D eigenvalue weighted by Crippen LogP contribution is 2.26. The normalized spacial score (nSPS) is 10.6. The van der Waals surface area contributed by atoms with Gasteiger partial charge in [0.15, 0.2) is 0 Å². The first-order valence-corrected chi connectivity index (χ1v) is 6.86. The summed E-state index contributed by atoms with van der Waals surface area (Å²) in [4.78, 5) is 4.38. The van der Waals surface area contributed by atoms with Crippen LogP contribution in [0.3, 0.4) is 0 Å². The molecule has 1 heterocycles. The summed E-state index contributed by atoms with van der Waals surface area (Å²) in [5.74, 6) is 2.00. The Kier molecular flexibility index (Phi) is 4.42. The highest BCUT2D eigenvalue weighted by atomic mass is 79.9. The van der Waals surface area contributed by atoms with Gasteiger partial charge < -0.3 is 9.30 Å². The smallest absolute Gasteiger partial charge is 0.133 e. The topological polar surface area (TPSA) is 27.1 Å². The number of hydrogen-bond acceptors (Lipinski definition) is 2. The van der Waals surface area contributed by atoms with Crippen LogP contribution in [0.4, 0.5) is 0 Å². The molecule has 0 unspecified atom stereocenters. The Morgan fingerprint density at radius 2 is 2.22 bits per heavy atom. The molecule has 1 aromatic heterocycles. The fraction of sp³-hybridized carbons (Fsp3) is 0.357. The predicted molar refractivity (Wildman–Crippen MR) is 76.0 cm³/mol. The standard InChI is InChI=1S/C14H17BrN2O/c1-3-4-14-16-7-8-17(14)10-11-5-6-13(18-2)12(15)9-11/h5-9H,3-4,10H2,1-2H3. The van der Waals surface area contributed by atoms with E-state index in [-0.39, 0.29) is 0 Å². The molecule has 2 aromatic rings. The van der Waals surface area contributed by atoms with Crippen LogP contribution in [-0.2, 0) is 13.0 Å². The second-order valence-corrected chi connectivity index (χ2v) is 5.04. The molecule has 4 heteroatoms. The molecule has 2 rings (SSSR count). The molecule has 0 aliphatic carbocycles. The van der Waals surface area contributed by atoms with Gasteiger partial charge in [-0.15, -0.1) is 0 Å². The van der Waals surface area contributed by atoms with Gasteiger partial charge in [0.1, 0.15) is 11.6 Å². The Bertz CT molecular complexity index is 522. The summed E-state index contributed by atoms with van der Waals surface area (Å²) in [6.45, 7) is 3.01. The number of halogens is 1. The van der Waals surface area contributed by atoms with Crippen molar-refractivity contribution in [1.29, 1.82) is 0 Å². The van der Waals surface area contributed by atoms with Gasteiger partial charge in [-0.05, 0) is 40.0 Å². The number of nitrogens with zero attached hydrogens (tertiary/aromatic N) is 2. The van der Waals surface area contributed by atoms with E-state index in [4.69, 9.17) is 4.74 Å². The summed E-state index contributed by atoms with van der Waals surface area (Å²) in [7, 11) is 1.68. The number of imidazole rings is 1. The summed E-state index contributed by atoms with van der Waals surface area (Å²) in [5, 5.41) is 0. The molecule has 3 nitrogen and oxygen atoms in total. The van der Waals surface area contributed by atoms with E-state index >= 15 is 0 Å². The molecule has 0 radical (unpaired) electrons. The Labute approximate surface area is 116 Å². The minimum atomic E-state index is 0.845. The van der Waals surface area contributed by atoms with Crippen molar-refractivity contribution in [2.24, 2.45) is 0 Å². The highest BCUT2D eigenvalue weighted by Gasteiger charge is 2.05. The van der Waals surface area contributed by atoms with Gasteiger partial charge in [0.25, 0.3) is 0 Å². The lowest BCUT2D eigenvalue weighted by Crippen LogP contribution is -2.04. The van der Waals surface area contributed by atoms with E-state index in [1.54, 1.807) is 7.11 Å². The molecule has 0 saturated carbocycles. The number of aryl methyl sites for hydroxylation is 1. The molecule has 18 heavy (non-hydrogen) atoms. The largest absolute Gasteiger partial charge is 0.496 e. The highest BCUT2D eigenvalue weighted by molar-refractivity contribution is 9.10. The number of methoxy groups -OCH3 is 1. The number of hydrogen-bond donors (Lipinski definition) is 0. The third kappa shape index (κ3) is 2.93. The molecule has 96 valence electrons. The number of rotatable bonds is 5. The number of ether oxygens (including phenoxy) is 1. The molecule has 1 aromatic carbocycles. The zero-order chi connectivity index (χ0) is 13.0. The van der Waals surface area contributed by atoms with Crippen molar-refractivity contribution >= 4 is 15.9 Å². The van der Waals surface area contributed by atoms with Crippen LogP contribution in [0.5, 0.6) is 5.75 Å². The van der Waals surface area contributed by atoms with Crippen molar-refractivity contribution in [3.05, 3.63) is 46.5 Å². The van der Waals surface area contributed by atoms with Gasteiger partial charge in [0, 0.05) is 25.4 Å².